The van der Waals surface area contributed by atoms with Crippen LogP contribution in [-0.2, 0) is 14.4 Å². The highest BCUT2D eigenvalue weighted by molar-refractivity contribution is 5.81. The Morgan fingerprint density at radius 1 is 1.20 bits per heavy atom. The Balaban J connectivity index is 1.58. The van der Waals surface area contributed by atoms with Crippen molar-refractivity contribution in [3.05, 3.63) is 0 Å². The van der Waals surface area contributed by atoms with E-state index < -0.39 is 0 Å². The third-order valence-corrected chi connectivity index (χ3v) is 4.01. The van der Waals surface area contributed by atoms with Crippen molar-refractivity contribution in [3.8, 4) is 0 Å². The Morgan fingerprint density at radius 3 is 2.60 bits per heavy atom. The van der Waals surface area contributed by atoms with E-state index in [9.17, 15) is 14.4 Å². The highest BCUT2D eigenvalue weighted by Crippen LogP contribution is 2.24. The minimum absolute atomic E-state index is 0.0192. The quantitative estimate of drug-likeness (QED) is 0.667. The molecule has 1 aliphatic heterocycles. The molecule has 0 aromatic rings. The van der Waals surface area contributed by atoms with Gasteiger partial charge in [-0.3, -0.25) is 14.4 Å². The van der Waals surface area contributed by atoms with Gasteiger partial charge in [0, 0.05) is 37.9 Å². The van der Waals surface area contributed by atoms with Gasteiger partial charge in [-0.15, -0.1) is 0 Å². The van der Waals surface area contributed by atoms with Crippen LogP contribution in [0.2, 0.25) is 0 Å². The van der Waals surface area contributed by atoms with E-state index in [1.54, 1.807) is 0 Å². The average molecular weight is 281 g/mol. The van der Waals surface area contributed by atoms with Gasteiger partial charge in [0.2, 0.25) is 17.7 Å². The fraction of sp³-hybridized carbons (Fsp3) is 0.786. The molecule has 2 aliphatic rings. The monoisotopic (exact) mass is 281 g/mol. The summed E-state index contributed by atoms with van der Waals surface area (Å²) in [7, 11) is 0. The molecular formula is C14H23N3O3. The average Bonchev–Trinajstić information content (AvgIpc) is 2.95. The lowest BCUT2D eigenvalue weighted by atomic mass is 10.1. The number of hydrogen-bond acceptors (Lipinski definition) is 3. The third kappa shape index (κ3) is 4.51. The first-order valence-corrected chi connectivity index (χ1v) is 7.49. The fourth-order valence-corrected chi connectivity index (χ4v) is 2.79. The topological polar surface area (TPSA) is 87.3 Å². The van der Waals surface area contributed by atoms with Crippen molar-refractivity contribution in [2.45, 2.75) is 51.0 Å². The van der Waals surface area contributed by atoms with E-state index in [0.29, 0.717) is 32.4 Å². The fourth-order valence-electron chi connectivity index (χ4n) is 2.79. The zero-order valence-corrected chi connectivity index (χ0v) is 11.7. The molecular weight excluding hydrogens is 258 g/mol. The van der Waals surface area contributed by atoms with E-state index in [1.807, 2.05) is 0 Å². The Kier molecular flexibility index (Phi) is 5.38. The van der Waals surface area contributed by atoms with Gasteiger partial charge in [0.15, 0.2) is 0 Å². The largest absolute Gasteiger partial charge is 0.355 e. The van der Waals surface area contributed by atoms with Crippen LogP contribution in [0.1, 0.15) is 44.9 Å². The molecule has 6 heteroatoms. The van der Waals surface area contributed by atoms with Gasteiger partial charge in [-0.25, -0.2) is 0 Å². The molecule has 1 heterocycles. The number of carbonyl (C=O) groups is 3. The van der Waals surface area contributed by atoms with Crippen LogP contribution in [0, 0.1) is 5.92 Å². The molecule has 0 bridgehead atoms. The van der Waals surface area contributed by atoms with E-state index >= 15 is 0 Å². The molecule has 2 rings (SSSR count). The van der Waals surface area contributed by atoms with Crippen LogP contribution in [0.25, 0.3) is 0 Å². The zero-order chi connectivity index (χ0) is 14.4. The Labute approximate surface area is 119 Å². The highest BCUT2D eigenvalue weighted by Gasteiger charge is 2.23. The summed E-state index contributed by atoms with van der Waals surface area (Å²) in [5.74, 6) is 0.198. The minimum atomic E-state index is -0.0714. The maximum atomic E-state index is 11.8. The smallest absolute Gasteiger partial charge is 0.223 e. The predicted octanol–water partition coefficient (Wildman–Crippen LogP) is 0.0777. The summed E-state index contributed by atoms with van der Waals surface area (Å²) >= 11 is 0. The van der Waals surface area contributed by atoms with Crippen LogP contribution in [0.4, 0.5) is 0 Å². The number of piperidine rings is 1. The van der Waals surface area contributed by atoms with Crippen LogP contribution in [0.15, 0.2) is 0 Å². The van der Waals surface area contributed by atoms with Crippen LogP contribution in [0.3, 0.4) is 0 Å². The SMILES string of the molecule is O=C1CCC(NC(=O)CCNC(=O)C2CCCC2)CN1. The van der Waals surface area contributed by atoms with Gasteiger partial charge in [-0.1, -0.05) is 12.8 Å². The maximum absolute atomic E-state index is 11.8. The minimum Gasteiger partial charge on any atom is -0.355 e. The van der Waals surface area contributed by atoms with E-state index in [2.05, 4.69) is 16.0 Å². The van der Waals surface area contributed by atoms with Crippen LogP contribution in [-0.4, -0.2) is 36.9 Å². The molecule has 1 aliphatic carbocycles. The Hall–Kier alpha value is -1.59. The molecule has 0 aromatic heterocycles. The van der Waals surface area contributed by atoms with Crippen LogP contribution < -0.4 is 16.0 Å². The predicted molar refractivity (Wildman–Crippen MR) is 73.8 cm³/mol. The van der Waals surface area contributed by atoms with Gasteiger partial charge < -0.3 is 16.0 Å². The van der Waals surface area contributed by atoms with Crippen molar-refractivity contribution in [1.82, 2.24) is 16.0 Å². The third-order valence-electron chi connectivity index (χ3n) is 4.01. The molecule has 3 N–H and O–H groups in total. The molecule has 0 aromatic carbocycles. The van der Waals surface area contributed by atoms with Crippen molar-refractivity contribution in [2.24, 2.45) is 5.92 Å². The highest BCUT2D eigenvalue weighted by atomic mass is 16.2. The summed E-state index contributed by atoms with van der Waals surface area (Å²) < 4.78 is 0. The summed E-state index contributed by atoms with van der Waals surface area (Å²) in [6, 6.07) is 0.0192. The Morgan fingerprint density at radius 2 is 1.95 bits per heavy atom. The number of carbonyl (C=O) groups excluding carboxylic acids is 3. The normalized spacial score (nSPS) is 23.2. The van der Waals surface area contributed by atoms with Crippen molar-refractivity contribution in [3.63, 3.8) is 0 Å². The standard InChI is InChI=1S/C14H23N3O3/c18-12-6-5-11(9-16-12)17-13(19)7-8-15-14(20)10-3-1-2-4-10/h10-11H,1-9H2,(H,15,20)(H,16,18)(H,17,19). The molecule has 1 saturated heterocycles. The second-order valence-electron chi connectivity index (χ2n) is 5.63. The molecule has 20 heavy (non-hydrogen) atoms. The van der Waals surface area contributed by atoms with Gasteiger partial charge in [-0.05, 0) is 19.3 Å². The molecule has 2 fully saturated rings. The molecule has 1 atom stereocenters. The molecule has 6 nitrogen and oxygen atoms in total. The number of hydrogen-bond donors (Lipinski definition) is 3. The van der Waals surface area contributed by atoms with E-state index in [0.717, 1.165) is 25.7 Å². The van der Waals surface area contributed by atoms with Gasteiger partial charge in [0.05, 0.1) is 0 Å². The number of rotatable bonds is 5. The summed E-state index contributed by atoms with van der Waals surface area (Å²) in [5.41, 5.74) is 0. The molecule has 0 radical (unpaired) electrons. The Bertz CT molecular complexity index is 368. The first kappa shape index (κ1) is 14.8. The second kappa shape index (κ2) is 7.26. The molecule has 112 valence electrons. The molecule has 1 saturated carbocycles. The van der Waals surface area contributed by atoms with Gasteiger partial charge in [0.1, 0.15) is 0 Å². The van der Waals surface area contributed by atoms with E-state index in [4.69, 9.17) is 0 Å². The summed E-state index contributed by atoms with van der Waals surface area (Å²) in [6.07, 6.45) is 5.65. The van der Waals surface area contributed by atoms with Gasteiger partial charge in [0.25, 0.3) is 0 Å². The lowest BCUT2D eigenvalue weighted by Crippen LogP contribution is -2.48. The zero-order valence-electron chi connectivity index (χ0n) is 11.7. The van der Waals surface area contributed by atoms with Crippen molar-refractivity contribution in [1.29, 1.82) is 0 Å². The molecule has 3 amide bonds. The second-order valence-corrected chi connectivity index (χ2v) is 5.63. The van der Waals surface area contributed by atoms with Crippen molar-refractivity contribution < 1.29 is 14.4 Å². The van der Waals surface area contributed by atoms with Crippen LogP contribution >= 0.6 is 0 Å². The lowest BCUT2D eigenvalue weighted by Gasteiger charge is -2.23. The van der Waals surface area contributed by atoms with Crippen molar-refractivity contribution >= 4 is 17.7 Å². The van der Waals surface area contributed by atoms with Crippen molar-refractivity contribution in [2.75, 3.05) is 13.1 Å². The van der Waals surface area contributed by atoms with E-state index in [1.165, 1.54) is 0 Å². The summed E-state index contributed by atoms with van der Waals surface area (Å²) in [6.45, 7) is 0.888. The first-order chi connectivity index (χ1) is 9.65. The molecule has 1 unspecified atom stereocenters. The number of nitrogens with one attached hydrogen (secondary N) is 3. The maximum Gasteiger partial charge on any atom is 0.223 e. The van der Waals surface area contributed by atoms with Crippen LogP contribution in [0.5, 0.6) is 0 Å². The number of amides is 3. The lowest BCUT2D eigenvalue weighted by molar-refractivity contribution is -0.126. The summed E-state index contributed by atoms with van der Waals surface area (Å²) in [4.78, 5) is 34.5. The molecule has 0 spiro atoms. The summed E-state index contributed by atoms with van der Waals surface area (Å²) in [5, 5.41) is 8.43. The van der Waals surface area contributed by atoms with E-state index in [-0.39, 0.29) is 29.7 Å². The van der Waals surface area contributed by atoms with Gasteiger partial charge >= 0.3 is 0 Å². The van der Waals surface area contributed by atoms with Gasteiger partial charge in [-0.2, -0.15) is 0 Å². The first-order valence-electron chi connectivity index (χ1n) is 7.49.